The number of fused-ring (bicyclic) bond motifs is 1. The SMILES string of the molecule is O=C(NCc1cccnc1)C(NCC1=CC=NCC1)c1ccc2c(c1)OCO2. The van der Waals surface area contributed by atoms with Crippen LogP contribution in [0.4, 0.5) is 0 Å². The van der Waals surface area contributed by atoms with Gasteiger partial charge in [0.2, 0.25) is 12.7 Å². The smallest absolute Gasteiger partial charge is 0.242 e. The molecule has 4 rings (SSSR count). The molecule has 7 heteroatoms. The molecule has 2 N–H and O–H groups in total. The first-order chi connectivity index (χ1) is 13.8. The fourth-order valence-electron chi connectivity index (χ4n) is 3.15. The highest BCUT2D eigenvalue weighted by molar-refractivity contribution is 5.83. The number of nitrogens with one attached hydrogen (secondary N) is 2. The highest BCUT2D eigenvalue weighted by Gasteiger charge is 2.23. The molecule has 0 fully saturated rings. The van der Waals surface area contributed by atoms with Gasteiger partial charge >= 0.3 is 0 Å². The van der Waals surface area contributed by atoms with E-state index >= 15 is 0 Å². The molecule has 1 aromatic carbocycles. The number of amides is 1. The lowest BCUT2D eigenvalue weighted by atomic mass is 10.0. The van der Waals surface area contributed by atoms with Crippen LogP contribution in [0.1, 0.15) is 23.6 Å². The van der Waals surface area contributed by atoms with Crippen molar-refractivity contribution in [2.75, 3.05) is 19.9 Å². The number of nitrogens with zero attached hydrogens (tertiary/aromatic N) is 2. The van der Waals surface area contributed by atoms with E-state index < -0.39 is 6.04 Å². The van der Waals surface area contributed by atoms with Gasteiger partial charge in [-0.25, -0.2) is 0 Å². The zero-order valence-corrected chi connectivity index (χ0v) is 15.4. The summed E-state index contributed by atoms with van der Waals surface area (Å²) in [6, 6.07) is 8.87. The molecular weight excluding hydrogens is 356 g/mol. The zero-order chi connectivity index (χ0) is 19.2. The van der Waals surface area contributed by atoms with Crippen LogP contribution >= 0.6 is 0 Å². The number of hydrogen-bond acceptors (Lipinski definition) is 6. The minimum Gasteiger partial charge on any atom is -0.454 e. The molecule has 1 aromatic heterocycles. The maximum absolute atomic E-state index is 13.0. The third-order valence-corrected chi connectivity index (χ3v) is 4.69. The predicted molar refractivity (Wildman–Crippen MR) is 105 cm³/mol. The standard InChI is InChI=1S/C21H22N4O3/c26-21(25-13-16-2-1-7-23-11-16)20(24-12-15-5-8-22-9-6-15)17-3-4-18-19(10-17)28-14-27-18/h1-5,7-8,10-11,20,24H,6,9,12-14H2,(H,25,26). The summed E-state index contributed by atoms with van der Waals surface area (Å²) in [5.74, 6) is 1.26. The van der Waals surface area contributed by atoms with E-state index in [1.54, 1.807) is 12.4 Å². The summed E-state index contributed by atoms with van der Waals surface area (Å²) in [6.45, 7) is 2.03. The average molecular weight is 378 g/mol. The van der Waals surface area contributed by atoms with E-state index in [0.717, 1.165) is 24.1 Å². The van der Waals surface area contributed by atoms with Crippen molar-refractivity contribution in [3.05, 3.63) is 65.5 Å². The summed E-state index contributed by atoms with van der Waals surface area (Å²) < 4.78 is 10.9. The molecule has 0 radical (unpaired) electrons. The van der Waals surface area contributed by atoms with E-state index in [4.69, 9.17) is 9.47 Å². The second-order valence-electron chi connectivity index (χ2n) is 6.64. The van der Waals surface area contributed by atoms with Gasteiger partial charge in [0, 0.05) is 38.2 Å². The van der Waals surface area contributed by atoms with Gasteiger partial charge in [0.25, 0.3) is 0 Å². The Morgan fingerprint density at radius 1 is 1.18 bits per heavy atom. The van der Waals surface area contributed by atoms with Crippen molar-refractivity contribution < 1.29 is 14.3 Å². The maximum Gasteiger partial charge on any atom is 0.242 e. The Morgan fingerprint density at radius 2 is 2.11 bits per heavy atom. The summed E-state index contributed by atoms with van der Waals surface area (Å²) in [4.78, 5) is 21.3. The molecule has 0 saturated carbocycles. The topological polar surface area (TPSA) is 84.8 Å². The predicted octanol–water partition coefficient (Wildman–Crippen LogP) is 2.16. The van der Waals surface area contributed by atoms with Crippen LogP contribution in [0.25, 0.3) is 0 Å². The molecule has 2 aliphatic rings. The number of rotatable bonds is 7. The highest BCUT2D eigenvalue weighted by atomic mass is 16.7. The van der Waals surface area contributed by atoms with Crippen LogP contribution in [0.5, 0.6) is 11.5 Å². The molecule has 144 valence electrons. The fourth-order valence-corrected chi connectivity index (χ4v) is 3.15. The monoisotopic (exact) mass is 378 g/mol. The van der Waals surface area contributed by atoms with Gasteiger partial charge < -0.3 is 14.8 Å². The average Bonchev–Trinajstić information content (AvgIpc) is 3.22. The number of hydrogen-bond donors (Lipinski definition) is 2. The number of aliphatic imine (C=N–C) groups is 1. The largest absolute Gasteiger partial charge is 0.454 e. The van der Waals surface area contributed by atoms with Gasteiger partial charge in [-0.15, -0.1) is 0 Å². The Morgan fingerprint density at radius 3 is 2.93 bits per heavy atom. The van der Waals surface area contributed by atoms with Crippen LogP contribution < -0.4 is 20.1 Å². The lowest BCUT2D eigenvalue weighted by molar-refractivity contribution is -0.123. The van der Waals surface area contributed by atoms with E-state index in [2.05, 4.69) is 20.6 Å². The molecule has 0 bridgehead atoms. The van der Waals surface area contributed by atoms with Crippen LogP contribution in [0, 0.1) is 0 Å². The zero-order valence-electron chi connectivity index (χ0n) is 15.4. The molecule has 0 aliphatic carbocycles. The van der Waals surface area contributed by atoms with Crippen molar-refractivity contribution in [3.8, 4) is 11.5 Å². The number of carbonyl (C=O) groups is 1. The third-order valence-electron chi connectivity index (χ3n) is 4.69. The molecule has 2 aliphatic heterocycles. The second kappa shape index (κ2) is 8.67. The molecule has 1 unspecified atom stereocenters. The minimum absolute atomic E-state index is 0.104. The highest BCUT2D eigenvalue weighted by Crippen LogP contribution is 2.34. The Labute approximate surface area is 163 Å². The molecule has 1 amide bonds. The van der Waals surface area contributed by atoms with Gasteiger partial charge in [-0.3, -0.25) is 20.1 Å². The maximum atomic E-state index is 13.0. The fraction of sp³-hybridized carbons (Fsp3) is 0.286. The van der Waals surface area contributed by atoms with Crippen molar-refractivity contribution in [2.24, 2.45) is 4.99 Å². The number of ether oxygens (including phenoxy) is 2. The second-order valence-corrected chi connectivity index (χ2v) is 6.64. The van der Waals surface area contributed by atoms with Crippen LogP contribution in [-0.4, -0.2) is 37.0 Å². The van der Waals surface area contributed by atoms with E-state index in [-0.39, 0.29) is 12.7 Å². The third kappa shape index (κ3) is 4.37. The quantitative estimate of drug-likeness (QED) is 0.771. The lowest BCUT2D eigenvalue weighted by Crippen LogP contribution is -2.38. The number of pyridine rings is 1. The Bertz CT molecular complexity index is 896. The molecule has 7 nitrogen and oxygen atoms in total. The number of dihydropyridines is 1. The van der Waals surface area contributed by atoms with Crippen molar-refractivity contribution >= 4 is 12.1 Å². The normalized spacial score (nSPS) is 15.8. The number of benzene rings is 1. The molecule has 3 heterocycles. The summed E-state index contributed by atoms with van der Waals surface area (Å²) in [5, 5.41) is 6.37. The van der Waals surface area contributed by atoms with Crippen molar-refractivity contribution in [1.29, 1.82) is 0 Å². The summed E-state index contributed by atoms with van der Waals surface area (Å²) in [5.41, 5.74) is 3.00. The van der Waals surface area contributed by atoms with Crippen LogP contribution in [-0.2, 0) is 11.3 Å². The summed E-state index contributed by atoms with van der Waals surface area (Å²) >= 11 is 0. The van der Waals surface area contributed by atoms with Crippen molar-refractivity contribution in [2.45, 2.75) is 19.0 Å². The van der Waals surface area contributed by atoms with Gasteiger partial charge in [0.15, 0.2) is 11.5 Å². The van der Waals surface area contributed by atoms with E-state index in [0.29, 0.717) is 24.6 Å². The number of allylic oxidation sites excluding steroid dienone is 1. The van der Waals surface area contributed by atoms with Gasteiger partial charge in [0.05, 0.1) is 0 Å². The van der Waals surface area contributed by atoms with Gasteiger partial charge in [-0.2, -0.15) is 0 Å². The van der Waals surface area contributed by atoms with E-state index in [1.165, 1.54) is 5.57 Å². The molecule has 0 saturated heterocycles. The van der Waals surface area contributed by atoms with Gasteiger partial charge in [-0.05, 0) is 41.8 Å². The van der Waals surface area contributed by atoms with Gasteiger partial charge in [0.1, 0.15) is 6.04 Å². The van der Waals surface area contributed by atoms with Crippen molar-refractivity contribution in [1.82, 2.24) is 15.6 Å². The Kier molecular flexibility index (Phi) is 5.63. The van der Waals surface area contributed by atoms with Crippen molar-refractivity contribution in [3.63, 3.8) is 0 Å². The first-order valence-corrected chi connectivity index (χ1v) is 9.27. The van der Waals surface area contributed by atoms with Crippen LogP contribution in [0.2, 0.25) is 0 Å². The number of carbonyl (C=O) groups excluding carboxylic acids is 1. The van der Waals surface area contributed by atoms with Gasteiger partial charge in [-0.1, -0.05) is 17.7 Å². The molecular formula is C21H22N4O3. The lowest BCUT2D eigenvalue weighted by Gasteiger charge is -2.20. The Balaban J connectivity index is 1.49. The van der Waals surface area contributed by atoms with Crippen LogP contribution in [0.3, 0.4) is 0 Å². The Hall–Kier alpha value is -3.19. The molecule has 28 heavy (non-hydrogen) atoms. The molecule has 1 atom stereocenters. The number of aromatic nitrogens is 1. The molecule has 0 spiro atoms. The van der Waals surface area contributed by atoms with E-state index in [9.17, 15) is 4.79 Å². The summed E-state index contributed by atoms with van der Waals surface area (Å²) in [7, 11) is 0. The van der Waals surface area contributed by atoms with E-state index in [1.807, 2.05) is 42.6 Å². The minimum atomic E-state index is -0.508. The molecule has 2 aromatic rings. The van der Waals surface area contributed by atoms with Crippen LogP contribution in [0.15, 0.2) is 59.4 Å². The first kappa shape index (κ1) is 18.2. The first-order valence-electron chi connectivity index (χ1n) is 9.27. The summed E-state index contributed by atoms with van der Waals surface area (Å²) in [6.07, 6.45) is 8.17.